The van der Waals surface area contributed by atoms with Crippen LogP contribution in [0.5, 0.6) is 0 Å². The smallest absolute Gasteiger partial charge is 0.262 e. The molecule has 180 valence electrons. The quantitative estimate of drug-likeness (QED) is 0.341. The van der Waals surface area contributed by atoms with Crippen molar-refractivity contribution in [2.75, 3.05) is 10.6 Å². The molecule has 1 aliphatic rings. The Bertz CT molecular complexity index is 1150. The summed E-state index contributed by atoms with van der Waals surface area (Å²) in [6, 6.07) is 14.7. The van der Waals surface area contributed by atoms with Gasteiger partial charge in [0.15, 0.2) is 5.78 Å². The van der Waals surface area contributed by atoms with E-state index in [2.05, 4.69) is 55.7 Å². The first-order valence-electron chi connectivity index (χ1n) is 11.2. The summed E-state index contributed by atoms with van der Waals surface area (Å²) < 4.78 is 0.485. The molecule has 1 fully saturated rings. The van der Waals surface area contributed by atoms with E-state index < -0.39 is 0 Å². The number of carbonyl (C=O) groups is 3. The molecule has 0 aliphatic heterocycles. The maximum absolute atomic E-state index is 13.5. The minimum Gasteiger partial charge on any atom is -0.322 e. The van der Waals surface area contributed by atoms with E-state index >= 15 is 0 Å². The predicted octanol–water partition coefficient (Wildman–Crippen LogP) is 7.38. The van der Waals surface area contributed by atoms with Crippen LogP contribution in [0.3, 0.4) is 0 Å². The molecule has 0 heterocycles. The number of amides is 2. The molecule has 5 nitrogen and oxygen atoms in total. The zero-order valence-electron chi connectivity index (χ0n) is 19.2. The van der Waals surface area contributed by atoms with Crippen LogP contribution in [0.4, 0.5) is 11.4 Å². The Balaban J connectivity index is 1.87. The molecule has 0 unspecified atom stereocenters. The summed E-state index contributed by atoms with van der Waals surface area (Å²) >= 11 is 6.16. The molecular formula is C28H26Br2N2O3. The van der Waals surface area contributed by atoms with Crippen LogP contribution in [-0.4, -0.2) is 17.6 Å². The Morgan fingerprint density at radius 2 is 1.17 bits per heavy atom. The van der Waals surface area contributed by atoms with Gasteiger partial charge in [-0.3, -0.25) is 14.4 Å². The molecule has 0 aromatic heterocycles. The summed E-state index contributed by atoms with van der Waals surface area (Å²) in [6.07, 6.45) is 8.11. The molecular weight excluding hydrogens is 572 g/mol. The number of rotatable bonds is 6. The Labute approximate surface area is 222 Å². The molecule has 35 heavy (non-hydrogen) atoms. The van der Waals surface area contributed by atoms with Crippen molar-refractivity contribution in [2.24, 2.45) is 0 Å². The highest BCUT2D eigenvalue weighted by Crippen LogP contribution is 2.27. The van der Waals surface area contributed by atoms with E-state index in [0.29, 0.717) is 24.2 Å². The third-order valence-electron chi connectivity index (χ3n) is 5.44. The molecule has 2 N–H and O–H groups in total. The molecule has 0 bridgehead atoms. The van der Waals surface area contributed by atoms with Gasteiger partial charge in [0.05, 0.1) is 8.96 Å². The number of hydrogen-bond acceptors (Lipinski definition) is 3. The van der Waals surface area contributed by atoms with Gasteiger partial charge in [-0.05, 0) is 105 Å². The van der Waals surface area contributed by atoms with Crippen LogP contribution in [0, 0.1) is 0 Å². The van der Waals surface area contributed by atoms with E-state index in [0.717, 1.165) is 41.5 Å². The van der Waals surface area contributed by atoms with Crippen molar-refractivity contribution in [3.63, 3.8) is 0 Å². The first-order chi connectivity index (χ1) is 16.7. The van der Waals surface area contributed by atoms with Crippen LogP contribution in [-0.2, 0) is 14.4 Å². The van der Waals surface area contributed by atoms with Crippen LogP contribution in [0.15, 0.2) is 81.8 Å². The SMILES string of the molecule is C=C(Br)C(=O)Nc1cccc(/C=C2\CCCCC/C(=C\c3cccc(NC(=O)C(=C)Br)c3)C2=O)c1. The van der Waals surface area contributed by atoms with Crippen molar-refractivity contribution >= 4 is 73.0 Å². The van der Waals surface area contributed by atoms with Crippen molar-refractivity contribution in [3.05, 3.63) is 92.9 Å². The highest BCUT2D eigenvalue weighted by molar-refractivity contribution is 9.12. The maximum atomic E-state index is 13.5. The molecule has 2 aromatic rings. The predicted molar refractivity (Wildman–Crippen MR) is 150 cm³/mol. The van der Waals surface area contributed by atoms with Crippen LogP contribution in [0.2, 0.25) is 0 Å². The second-order valence-electron chi connectivity index (χ2n) is 8.20. The Morgan fingerprint density at radius 1 is 0.743 bits per heavy atom. The van der Waals surface area contributed by atoms with E-state index in [1.165, 1.54) is 0 Å². The van der Waals surface area contributed by atoms with Gasteiger partial charge in [0, 0.05) is 22.5 Å². The first kappa shape index (κ1) is 26.6. The summed E-state index contributed by atoms with van der Waals surface area (Å²) in [6.45, 7) is 7.16. The van der Waals surface area contributed by atoms with E-state index in [4.69, 9.17) is 0 Å². The lowest BCUT2D eigenvalue weighted by atomic mass is 9.89. The van der Waals surface area contributed by atoms with Gasteiger partial charge in [0.25, 0.3) is 11.8 Å². The van der Waals surface area contributed by atoms with Gasteiger partial charge in [-0.1, -0.05) is 43.8 Å². The molecule has 7 heteroatoms. The van der Waals surface area contributed by atoms with Gasteiger partial charge in [0.1, 0.15) is 0 Å². The van der Waals surface area contributed by atoms with Crippen molar-refractivity contribution < 1.29 is 14.4 Å². The highest BCUT2D eigenvalue weighted by Gasteiger charge is 2.18. The van der Waals surface area contributed by atoms with E-state index in [1.54, 1.807) is 12.1 Å². The molecule has 2 amide bonds. The molecule has 3 rings (SSSR count). The summed E-state index contributed by atoms with van der Waals surface area (Å²) in [4.78, 5) is 37.3. The topological polar surface area (TPSA) is 75.3 Å². The normalized spacial score (nSPS) is 16.3. The fourth-order valence-corrected chi connectivity index (χ4v) is 3.93. The fourth-order valence-electron chi connectivity index (χ4n) is 3.73. The van der Waals surface area contributed by atoms with E-state index in [9.17, 15) is 14.4 Å². The molecule has 0 atom stereocenters. The van der Waals surface area contributed by atoms with Gasteiger partial charge < -0.3 is 10.6 Å². The van der Waals surface area contributed by atoms with Gasteiger partial charge >= 0.3 is 0 Å². The maximum Gasteiger partial charge on any atom is 0.262 e. The van der Waals surface area contributed by atoms with Crippen LogP contribution >= 0.6 is 31.9 Å². The lowest BCUT2D eigenvalue weighted by Gasteiger charge is -2.15. The molecule has 2 aromatic carbocycles. The van der Waals surface area contributed by atoms with Crippen molar-refractivity contribution in [2.45, 2.75) is 32.1 Å². The molecule has 1 saturated carbocycles. The lowest BCUT2D eigenvalue weighted by Crippen LogP contribution is -2.11. The van der Waals surface area contributed by atoms with Crippen molar-refractivity contribution in [1.82, 2.24) is 0 Å². The van der Waals surface area contributed by atoms with Gasteiger partial charge in [0.2, 0.25) is 0 Å². The number of nitrogens with one attached hydrogen (secondary N) is 2. The van der Waals surface area contributed by atoms with Crippen LogP contribution in [0.1, 0.15) is 43.2 Å². The van der Waals surface area contributed by atoms with Crippen molar-refractivity contribution in [1.29, 1.82) is 0 Å². The lowest BCUT2D eigenvalue weighted by molar-refractivity contribution is -0.113. The number of Topliss-reactive ketones (excluding diaryl/α,β-unsaturated/α-hetero) is 1. The second-order valence-corrected chi connectivity index (χ2v) is 10.1. The second kappa shape index (κ2) is 12.6. The summed E-state index contributed by atoms with van der Waals surface area (Å²) in [7, 11) is 0. The van der Waals surface area contributed by atoms with Crippen LogP contribution in [0.25, 0.3) is 12.2 Å². The minimum atomic E-state index is -0.319. The number of hydrogen-bond donors (Lipinski definition) is 2. The number of carbonyl (C=O) groups excluding carboxylic acids is 3. The Hall–Kier alpha value is -3.03. The highest BCUT2D eigenvalue weighted by atomic mass is 79.9. The summed E-state index contributed by atoms with van der Waals surface area (Å²) in [5.41, 5.74) is 4.42. The van der Waals surface area contributed by atoms with E-state index in [1.807, 2.05) is 48.6 Å². The minimum absolute atomic E-state index is 0.0243. The Kier molecular flexibility index (Phi) is 9.57. The zero-order chi connectivity index (χ0) is 25.4. The monoisotopic (exact) mass is 596 g/mol. The number of anilines is 2. The zero-order valence-corrected chi connectivity index (χ0v) is 22.4. The Morgan fingerprint density at radius 3 is 1.57 bits per heavy atom. The third kappa shape index (κ3) is 8.01. The van der Waals surface area contributed by atoms with Crippen molar-refractivity contribution in [3.8, 4) is 0 Å². The molecule has 0 spiro atoms. The van der Waals surface area contributed by atoms with E-state index in [-0.39, 0.29) is 26.6 Å². The first-order valence-corrected chi connectivity index (χ1v) is 12.8. The standard InChI is InChI=1S/C28H26Br2N2O3/c1-18(29)27(34)31-24-12-6-8-20(16-24)14-22-10-4-3-5-11-23(26(22)33)15-21-9-7-13-25(17-21)32-28(35)19(2)30/h6-9,12-17H,1-5,10-11H2,(H,31,34)(H,32,35)/b22-14+,23-15+. The summed E-state index contributed by atoms with van der Waals surface area (Å²) in [5, 5.41) is 5.54. The number of allylic oxidation sites excluding steroid dienone is 2. The average Bonchev–Trinajstić information content (AvgIpc) is 2.81. The van der Waals surface area contributed by atoms with Crippen LogP contribution < -0.4 is 10.6 Å². The largest absolute Gasteiger partial charge is 0.322 e. The average molecular weight is 598 g/mol. The van der Waals surface area contributed by atoms with Gasteiger partial charge in [-0.25, -0.2) is 0 Å². The number of benzene rings is 2. The fraction of sp³-hybridized carbons (Fsp3) is 0.179. The molecule has 0 saturated heterocycles. The third-order valence-corrected chi connectivity index (χ3v) is 6.16. The van der Waals surface area contributed by atoms with Gasteiger partial charge in [-0.2, -0.15) is 0 Å². The molecule has 0 radical (unpaired) electrons. The summed E-state index contributed by atoms with van der Waals surface area (Å²) in [5.74, 6) is -0.613. The molecule has 1 aliphatic carbocycles. The number of halogens is 2. The number of ketones is 1. The van der Waals surface area contributed by atoms with Gasteiger partial charge in [-0.15, -0.1) is 0 Å².